The quantitative estimate of drug-likeness (QED) is 0.370. The fourth-order valence-corrected chi connectivity index (χ4v) is 4.76. The number of ether oxygens (including phenoxy) is 1. The number of alkyl carbamates (subject to hydrolysis) is 1. The molecule has 2 aromatic carbocycles. The number of anilines is 1. The van der Waals surface area contributed by atoms with Gasteiger partial charge in [-0.25, -0.2) is 14.1 Å². The standard InChI is InChI=1S/C23H24F3N3O5S2/c1-22(2,3)34-21(30)28-18(13-29(36(31,32)33)17-10-5-4-6-11-17)20-27-19(14-35-20)15-8-7-9-16(12-15)23(24,25)26/h4-12,14,18H,13H2,1-3H3,(H,28,30)(H,31,32,33)/t18-/m0/s1. The Kier molecular flexibility index (Phi) is 7.96. The van der Waals surface area contributed by atoms with Crippen molar-refractivity contribution in [2.45, 2.75) is 38.6 Å². The van der Waals surface area contributed by atoms with Crippen LogP contribution in [0.3, 0.4) is 0 Å². The van der Waals surface area contributed by atoms with E-state index in [1.807, 2.05) is 0 Å². The lowest BCUT2D eigenvalue weighted by Crippen LogP contribution is -2.42. The fraction of sp³-hybridized carbons (Fsp3) is 0.304. The highest BCUT2D eigenvalue weighted by Crippen LogP contribution is 2.33. The number of nitrogens with zero attached hydrogens (tertiary/aromatic N) is 2. The molecule has 0 bridgehead atoms. The Balaban J connectivity index is 1.99. The van der Waals surface area contributed by atoms with Gasteiger partial charge in [0, 0.05) is 10.9 Å². The summed E-state index contributed by atoms with van der Waals surface area (Å²) >= 11 is 1.01. The summed E-state index contributed by atoms with van der Waals surface area (Å²) in [6, 6.07) is 11.2. The summed E-state index contributed by atoms with van der Waals surface area (Å²) in [5.74, 6) is 0. The number of aromatic nitrogens is 1. The molecule has 3 aromatic rings. The summed E-state index contributed by atoms with van der Waals surface area (Å²) < 4.78 is 79.6. The van der Waals surface area contributed by atoms with Crippen molar-refractivity contribution in [1.82, 2.24) is 10.3 Å². The lowest BCUT2D eigenvalue weighted by Gasteiger charge is -2.27. The summed E-state index contributed by atoms with van der Waals surface area (Å²) in [7, 11) is -4.77. The highest BCUT2D eigenvalue weighted by Gasteiger charge is 2.32. The Labute approximate surface area is 210 Å². The average molecular weight is 544 g/mol. The van der Waals surface area contributed by atoms with E-state index in [9.17, 15) is 30.9 Å². The zero-order chi connectivity index (χ0) is 26.7. The van der Waals surface area contributed by atoms with Crippen LogP contribution < -0.4 is 9.62 Å². The first-order chi connectivity index (χ1) is 16.6. The van der Waals surface area contributed by atoms with Crippen LogP contribution in [0.2, 0.25) is 0 Å². The van der Waals surface area contributed by atoms with E-state index in [1.165, 1.54) is 29.6 Å². The predicted molar refractivity (Wildman–Crippen MR) is 130 cm³/mol. The number of carbonyl (C=O) groups excluding carboxylic acids is 1. The molecule has 0 fully saturated rings. The minimum absolute atomic E-state index is 0.130. The molecule has 8 nitrogen and oxygen atoms in total. The van der Waals surface area contributed by atoms with Gasteiger partial charge in [-0.3, -0.25) is 4.55 Å². The number of alkyl halides is 3. The molecule has 0 saturated heterocycles. The Bertz CT molecular complexity index is 1310. The van der Waals surface area contributed by atoms with E-state index >= 15 is 0 Å². The second kappa shape index (κ2) is 10.4. The average Bonchev–Trinajstić information content (AvgIpc) is 3.25. The molecule has 13 heteroatoms. The first-order valence-electron chi connectivity index (χ1n) is 10.6. The number of para-hydroxylation sites is 1. The van der Waals surface area contributed by atoms with Gasteiger partial charge in [-0.15, -0.1) is 11.3 Å². The Hall–Kier alpha value is -3.16. The molecule has 0 spiro atoms. The number of amides is 1. The van der Waals surface area contributed by atoms with Crippen LogP contribution in [0.5, 0.6) is 0 Å². The molecule has 0 unspecified atom stereocenters. The zero-order valence-corrected chi connectivity index (χ0v) is 21.1. The van der Waals surface area contributed by atoms with Crippen molar-refractivity contribution < 1.29 is 35.7 Å². The smallest absolute Gasteiger partial charge is 0.416 e. The molecular formula is C23H24F3N3O5S2. The molecule has 1 atom stereocenters. The molecule has 194 valence electrons. The first-order valence-corrected chi connectivity index (χ1v) is 12.8. The molecule has 1 amide bonds. The van der Waals surface area contributed by atoms with E-state index in [0.29, 0.717) is 4.31 Å². The highest BCUT2D eigenvalue weighted by molar-refractivity contribution is 7.87. The van der Waals surface area contributed by atoms with Gasteiger partial charge in [0.25, 0.3) is 0 Å². The second-order valence-electron chi connectivity index (χ2n) is 8.69. The van der Waals surface area contributed by atoms with Crippen molar-refractivity contribution in [3.63, 3.8) is 0 Å². The van der Waals surface area contributed by atoms with Crippen LogP contribution in [0.1, 0.15) is 37.4 Å². The van der Waals surface area contributed by atoms with Crippen molar-refractivity contribution in [2.24, 2.45) is 0 Å². The van der Waals surface area contributed by atoms with E-state index in [0.717, 1.165) is 23.5 Å². The molecule has 0 aliphatic carbocycles. The number of carbonyl (C=O) groups is 1. The molecule has 0 aliphatic rings. The molecule has 1 heterocycles. The molecule has 36 heavy (non-hydrogen) atoms. The number of thiazole rings is 1. The van der Waals surface area contributed by atoms with E-state index in [4.69, 9.17) is 4.74 Å². The van der Waals surface area contributed by atoms with Gasteiger partial charge in [0.15, 0.2) is 0 Å². The fourth-order valence-electron chi connectivity index (χ4n) is 3.16. The van der Waals surface area contributed by atoms with Crippen molar-refractivity contribution in [1.29, 1.82) is 0 Å². The molecule has 0 radical (unpaired) electrons. The van der Waals surface area contributed by atoms with E-state index in [-0.39, 0.29) is 22.0 Å². The SMILES string of the molecule is CC(C)(C)OC(=O)N[C@@H](CN(c1ccccc1)S(=O)(=O)O)c1nc(-c2cccc(C(F)(F)F)c2)cs1. The Morgan fingerprint density at radius 1 is 1.14 bits per heavy atom. The Morgan fingerprint density at radius 3 is 2.39 bits per heavy atom. The molecule has 1 aromatic heterocycles. The van der Waals surface area contributed by atoms with Crippen molar-refractivity contribution in [2.75, 3.05) is 10.8 Å². The van der Waals surface area contributed by atoms with Crippen molar-refractivity contribution in [3.05, 3.63) is 70.5 Å². The highest BCUT2D eigenvalue weighted by atomic mass is 32.2. The summed E-state index contributed by atoms with van der Waals surface area (Å²) in [6.45, 7) is 4.47. The monoisotopic (exact) mass is 543 g/mol. The van der Waals surface area contributed by atoms with Gasteiger partial charge in [-0.05, 0) is 45.0 Å². The molecule has 0 saturated carbocycles. The minimum atomic E-state index is -4.77. The predicted octanol–water partition coefficient (Wildman–Crippen LogP) is 5.70. The molecular weight excluding hydrogens is 519 g/mol. The van der Waals surface area contributed by atoms with Gasteiger partial charge in [0.2, 0.25) is 0 Å². The third-order valence-corrected chi connectivity index (χ3v) is 6.54. The second-order valence-corrected chi connectivity index (χ2v) is 10.9. The number of hydrogen-bond acceptors (Lipinski definition) is 6. The molecule has 0 aliphatic heterocycles. The van der Waals surface area contributed by atoms with Crippen molar-refractivity contribution in [3.8, 4) is 11.3 Å². The van der Waals surface area contributed by atoms with Crippen LogP contribution >= 0.6 is 11.3 Å². The van der Waals surface area contributed by atoms with Gasteiger partial charge in [0.1, 0.15) is 16.7 Å². The Morgan fingerprint density at radius 2 is 1.81 bits per heavy atom. The molecule has 3 rings (SSSR count). The van der Waals surface area contributed by atoms with E-state index in [2.05, 4.69) is 10.3 Å². The normalized spacial score (nSPS) is 13.2. The van der Waals surface area contributed by atoms with Gasteiger partial charge in [-0.1, -0.05) is 30.3 Å². The van der Waals surface area contributed by atoms with Crippen LogP contribution in [-0.4, -0.2) is 36.2 Å². The summed E-state index contributed by atoms with van der Waals surface area (Å²) in [5.41, 5.74) is -1.18. The number of halogens is 3. The summed E-state index contributed by atoms with van der Waals surface area (Å²) in [5, 5.41) is 4.24. The summed E-state index contributed by atoms with van der Waals surface area (Å²) in [4.78, 5) is 16.9. The summed E-state index contributed by atoms with van der Waals surface area (Å²) in [6.07, 6.45) is -5.41. The van der Waals surface area contributed by atoms with Crippen LogP contribution in [0.15, 0.2) is 60.0 Å². The van der Waals surface area contributed by atoms with E-state index in [1.54, 1.807) is 39.0 Å². The maximum Gasteiger partial charge on any atom is 0.416 e. The molecule has 2 N–H and O–H groups in total. The van der Waals surface area contributed by atoms with Crippen molar-refractivity contribution >= 4 is 33.4 Å². The van der Waals surface area contributed by atoms with Gasteiger partial charge in [0.05, 0.1) is 23.5 Å². The van der Waals surface area contributed by atoms with Crippen LogP contribution in [-0.2, 0) is 21.2 Å². The van der Waals surface area contributed by atoms with Gasteiger partial charge < -0.3 is 10.1 Å². The largest absolute Gasteiger partial charge is 0.444 e. The van der Waals surface area contributed by atoms with E-state index < -0.39 is 46.3 Å². The number of rotatable bonds is 7. The number of benzene rings is 2. The van der Waals surface area contributed by atoms with Crippen LogP contribution in [0.25, 0.3) is 11.3 Å². The topological polar surface area (TPSA) is 109 Å². The minimum Gasteiger partial charge on any atom is -0.444 e. The van der Waals surface area contributed by atoms with Crippen LogP contribution in [0.4, 0.5) is 23.7 Å². The first kappa shape index (κ1) is 27.4. The van der Waals surface area contributed by atoms with Gasteiger partial charge >= 0.3 is 22.6 Å². The van der Waals surface area contributed by atoms with Crippen LogP contribution in [0, 0.1) is 0 Å². The zero-order valence-electron chi connectivity index (χ0n) is 19.5. The lowest BCUT2D eigenvalue weighted by molar-refractivity contribution is -0.137. The maximum atomic E-state index is 13.1. The number of nitrogens with one attached hydrogen (secondary N) is 1. The van der Waals surface area contributed by atoms with Gasteiger partial charge in [-0.2, -0.15) is 21.6 Å². The maximum absolute atomic E-state index is 13.1. The number of hydrogen-bond donors (Lipinski definition) is 2. The lowest BCUT2D eigenvalue weighted by atomic mass is 10.1. The third kappa shape index (κ3) is 7.42. The third-order valence-electron chi connectivity index (χ3n) is 4.67.